The van der Waals surface area contributed by atoms with E-state index in [0.717, 1.165) is 10.0 Å². The number of aliphatic hydroxyl groups excluding tert-OH is 1. The summed E-state index contributed by atoms with van der Waals surface area (Å²) in [5.74, 6) is -0.0242. The van der Waals surface area contributed by atoms with Gasteiger partial charge in [-0.1, -0.05) is 81.7 Å². The van der Waals surface area contributed by atoms with E-state index in [9.17, 15) is 9.18 Å². The number of ether oxygens (including phenoxy) is 2. The molecule has 2 N–H and O–H groups in total. The van der Waals surface area contributed by atoms with Crippen LogP contribution in [0.3, 0.4) is 0 Å². The Hall–Kier alpha value is -4.70. The molecule has 230 valence electrons. The highest BCUT2D eigenvalue weighted by molar-refractivity contribution is 9.10. The molecule has 0 aliphatic carbocycles. The molecule has 45 heavy (non-hydrogen) atoms. The molecule has 1 aliphatic heterocycles. The molecule has 2 atom stereocenters. The second-order valence-corrected chi connectivity index (χ2v) is 11.3. The molecule has 9 nitrogen and oxygen atoms in total. The van der Waals surface area contributed by atoms with Gasteiger partial charge in [0.05, 0.1) is 13.2 Å². The maximum absolute atomic E-state index is 14.6. The lowest BCUT2D eigenvalue weighted by Gasteiger charge is -2.32. The number of nitrogens with one attached hydrogen (secondary N) is 1. The summed E-state index contributed by atoms with van der Waals surface area (Å²) in [7, 11) is 0. The molecule has 0 unspecified atom stereocenters. The van der Waals surface area contributed by atoms with Gasteiger partial charge < -0.3 is 19.9 Å². The average Bonchev–Trinajstić information content (AvgIpc) is 3.45. The summed E-state index contributed by atoms with van der Waals surface area (Å²) >= 11 is 3.63. The number of amides is 1. The zero-order valence-electron chi connectivity index (χ0n) is 24.3. The van der Waals surface area contributed by atoms with Crippen molar-refractivity contribution in [2.75, 3.05) is 13.2 Å². The number of hydrogen-bond acceptors (Lipinski definition) is 6. The smallest absolute Gasteiger partial charge is 0.252 e. The second-order valence-electron chi connectivity index (χ2n) is 10.4. The zero-order chi connectivity index (χ0) is 31.6. The van der Waals surface area contributed by atoms with E-state index < -0.39 is 23.4 Å². The number of carbonyl (C=O) groups is 1. The van der Waals surface area contributed by atoms with Crippen LogP contribution in [0.25, 0.3) is 10.4 Å². The van der Waals surface area contributed by atoms with E-state index in [1.807, 2.05) is 48.5 Å². The van der Waals surface area contributed by atoms with E-state index in [1.54, 1.807) is 42.5 Å². The minimum atomic E-state index is -1.53. The second kappa shape index (κ2) is 14.9. The topological polar surface area (TPSA) is 129 Å². The van der Waals surface area contributed by atoms with Crippen LogP contribution in [-0.2, 0) is 29.0 Å². The normalized spacial score (nSPS) is 17.1. The molecule has 0 aromatic heterocycles. The van der Waals surface area contributed by atoms with Crippen LogP contribution in [0.15, 0.2) is 112 Å². The molecule has 0 fully saturated rings. The third-order valence-corrected chi connectivity index (χ3v) is 8.26. The van der Waals surface area contributed by atoms with Gasteiger partial charge in [0.1, 0.15) is 11.6 Å². The first kappa shape index (κ1) is 31.7. The molecule has 11 heteroatoms. The van der Waals surface area contributed by atoms with Crippen LogP contribution in [0.4, 0.5) is 4.39 Å². The fourth-order valence-electron chi connectivity index (χ4n) is 5.20. The Labute approximate surface area is 268 Å². The highest BCUT2D eigenvalue weighted by Crippen LogP contribution is 2.44. The summed E-state index contributed by atoms with van der Waals surface area (Å²) in [4.78, 5) is 22.5. The highest BCUT2D eigenvalue weighted by atomic mass is 79.9. The van der Waals surface area contributed by atoms with Gasteiger partial charge in [0.15, 0.2) is 11.6 Å². The number of aliphatic hydroxyl groups is 1. The molecule has 0 saturated heterocycles. The third kappa shape index (κ3) is 7.34. The molecule has 5 rings (SSSR count). The standard InChI is InChI=1S/C34H31BrFN5O4/c35-29-12-5-2-8-24(29)20-34(33(43)38-21-26-10-3-6-13-30(26)36)31(28-11-4-1-9-25(28)22-39-41-37)45-32(40-34)23-14-16-27(17-15-23)44-19-7-18-42/h1-6,8-17,31,42H,7,18-22H2,(H,38,43)/t31-,34-/m1/s1. The number of nitrogens with zero attached hydrogens (tertiary/aromatic N) is 4. The molecule has 0 radical (unpaired) electrons. The summed E-state index contributed by atoms with van der Waals surface area (Å²) in [6, 6.07) is 28.3. The molecule has 1 amide bonds. The summed E-state index contributed by atoms with van der Waals surface area (Å²) in [5.41, 5.74) is 10.6. The van der Waals surface area contributed by atoms with Crippen molar-refractivity contribution in [2.45, 2.75) is 37.6 Å². The first-order chi connectivity index (χ1) is 21.9. The largest absolute Gasteiger partial charge is 0.494 e. The Morgan fingerprint density at radius 1 is 1.02 bits per heavy atom. The summed E-state index contributed by atoms with van der Waals surface area (Å²) in [6.45, 7) is 0.392. The Kier molecular flexibility index (Phi) is 10.5. The van der Waals surface area contributed by atoms with Crippen molar-refractivity contribution in [2.24, 2.45) is 10.1 Å². The van der Waals surface area contributed by atoms with Crippen molar-refractivity contribution in [3.63, 3.8) is 0 Å². The lowest BCUT2D eigenvalue weighted by molar-refractivity contribution is -0.129. The first-order valence-corrected chi connectivity index (χ1v) is 15.2. The monoisotopic (exact) mass is 671 g/mol. The van der Waals surface area contributed by atoms with Crippen molar-refractivity contribution >= 4 is 27.7 Å². The molecule has 4 aromatic carbocycles. The van der Waals surface area contributed by atoms with Crippen molar-refractivity contribution in [3.05, 3.63) is 146 Å². The number of benzene rings is 4. The molecule has 1 heterocycles. The Balaban J connectivity index is 1.62. The lowest BCUT2D eigenvalue weighted by Crippen LogP contribution is -2.50. The number of hydrogen-bond donors (Lipinski definition) is 2. The van der Waals surface area contributed by atoms with Gasteiger partial charge in [0.2, 0.25) is 5.90 Å². The number of carbonyl (C=O) groups excluding carboxylic acids is 1. The van der Waals surface area contributed by atoms with Crippen molar-refractivity contribution < 1.29 is 23.8 Å². The summed E-state index contributed by atoms with van der Waals surface area (Å²) in [6.07, 6.45) is -0.274. The maximum atomic E-state index is 14.6. The van der Waals surface area contributed by atoms with E-state index in [1.165, 1.54) is 6.07 Å². The number of halogens is 2. The predicted octanol–water partition coefficient (Wildman–Crippen LogP) is 6.98. The minimum Gasteiger partial charge on any atom is -0.494 e. The fraction of sp³-hybridized carbons (Fsp3) is 0.235. The molecular weight excluding hydrogens is 641 g/mol. The van der Waals surface area contributed by atoms with Crippen LogP contribution >= 0.6 is 15.9 Å². The van der Waals surface area contributed by atoms with E-state index >= 15 is 0 Å². The Morgan fingerprint density at radius 3 is 2.42 bits per heavy atom. The Morgan fingerprint density at radius 2 is 1.71 bits per heavy atom. The first-order valence-electron chi connectivity index (χ1n) is 14.4. The van der Waals surface area contributed by atoms with Crippen LogP contribution in [-0.4, -0.2) is 35.7 Å². The Bertz CT molecular complexity index is 1730. The fourth-order valence-corrected chi connectivity index (χ4v) is 5.63. The zero-order valence-corrected chi connectivity index (χ0v) is 25.9. The molecule has 4 aromatic rings. The number of rotatable bonds is 13. The third-order valence-electron chi connectivity index (χ3n) is 7.49. The van der Waals surface area contributed by atoms with Crippen LogP contribution in [0.5, 0.6) is 5.75 Å². The van der Waals surface area contributed by atoms with Crippen molar-refractivity contribution in [1.82, 2.24) is 5.32 Å². The highest BCUT2D eigenvalue weighted by Gasteiger charge is 2.54. The van der Waals surface area contributed by atoms with E-state index in [2.05, 4.69) is 31.3 Å². The average molecular weight is 673 g/mol. The molecule has 1 aliphatic rings. The van der Waals surface area contributed by atoms with Crippen molar-refractivity contribution in [1.29, 1.82) is 0 Å². The summed E-state index contributed by atoms with van der Waals surface area (Å²) < 4.78 is 27.7. The van der Waals surface area contributed by atoms with Crippen LogP contribution in [0.1, 0.15) is 40.3 Å². The van der Waals surface area contributed by atoms with Gasteiger partial charge in [-0.15, -0.1) is 0 Å². The van der Waals surface area contributed by atoms with E-state index in [4.69, 9.17) is 25.1 Å². The van der Waals surface area contributed by atoms with Gasteiger partial charge in [0.25, 0.3) is 5.91 Å². The lowest BCUT2D eigenvalue weighted by atomic mass is 9.80. The van der Waals surface area contributed by atoms with Gasteiger partial charge in [-0.3, -0.25) is 4.79 Å². The van der Waals surface area contributed by atoms with Gasteiger partial charge in [-0.2, -0.15) is 0 Å². The number of azide groups is 1. The van der Waals surface area contributed by atoms with Crippen LogP contribution < -0.4 is 10.1 Å². The van der Waals surface area contributed by atoms with E-state index in [0.29, 0.717) is 41.0 Å². The summed E-state index contributed by atoms with van der Waals surface area (Å²) in [5, 5.41) is 15.8. The van der Waals surface area contributed by atoms with Gasteiger partial charge >= 0.3 is 0 Å². The SMILES string of the molecule is [N-]=[N+]=NCc1ccccc1[C@H]1OC(c2ccc(OCCCO)cc2)=N[C@@]1(Cc1ccccc1Br)C(=O)NCc1ccccc1F. The predicted molar refractivity (Wildman–Crippen MR) is 172 cm³/mol. The molecular formula is C34H31BrFN5O4. The molecule has 0 spiro atoms. The quantitative estimate of drug-likeness (QED) is 0.0688. The van der Waals surface area contributed by atoms with Crippen LogP contribution in [0.2, 0.25) is 0 Å². The van der Waals surface area contributed by atoms with Crippen molar-refractivity contribution in [3.8, 4) is 5.75 Å². The minimum absolute atomic E-state index is 0.0316. The number of aliphatic imine (C=N–C) groups is 1. The van der Waals surface area contributed by atoms with Gasteiger partial charge in [-0.25, -0.2) is 9.38 Å². The maximum Gasteiger partial charge on any atom is 0.252 e. The van der Waals surface area contributed by atoms with Crippen LogP contribution in [0, 0.1) is 5.82 Å². The van der Waals surface area contributed by atoms with Gasteiger partial charge in [-0.05, 0) is 58.6 Å². The molecule has 0 bridgehead atoms. The molecule has 0 saturated carbocycles. The van der Waals surface area contributed by atoms with Gasteiger partial charge in [0, 0.05) is 46.5 Å². The van der Waals surface area contributed by atoms with E-state index in [-0.39, 0.29) is 32.0 Å².